The molecule has 1 heterocycles. The molecule has 1 saturated carbocycles. The summed E-state index contributed by atoms with van der Waals surface area (Å²) in [7, 11) is 18.1. The van der Waals surface area contributed by atoms with Crippen molar-refractivity contribution < 1.29 is 35.8 Å². The Morgan fingerprint density at radius 3 is 0.744 bits per heavy atom. The second kappa shape index (κ2) is 47.6. The summed E-state index contributed by atoms with van der Waals surface area (Å²) in [6.07, 6.45) is 6.71. The highest BCUT2D eigenvalue weighted by Crippen LogP contribution is 2.46. The van der Waals surface area contributed by atoms with Crippen LogP contribution in [-0.4, -0.2) is 144 Å². The minimum Gasteiger partial charge on any atom is -0.355 e. The summed E-state index contributed by atoms with van der Waals surface area (Å²) in [5.74, 6) is 5.34. The number of benzene rings is 3. The lowest BCUT2D eigenvalue weighted by atomic mass is 9.78. The van der Waals surface area contributed by atoms with Crippen LogP contribution < -0.4 is 0 Å². The van der Waals surface area contributed by atoms with Crippen molar-refractivity contribution in [2.45, 2.75) is 191 Å². The molecule has 14 nitrogen and oxygen atoms in total. The maximum atomic E-state index is 10.7. The minimum absolute atomic E-state index is 0.484. The first-order valence-electron chi connectivity index (χ1n) is 30.3. The van der Waals surface area contributed by atoms with Gasteiger partial charge in [0.05, 0.1) is 0 Å². The van der Waals surface area contributed by atoms with Crippen molar-refractivity contribution in [3.05, 3.63) is 122 Å². The molecule has 3 aromatic carbocycles. The Kier molecular flexibility index (Phi) is 50.7. The van der Waals surface area contributed by atoms with Gasteiger partial charge in [-0.05, 0) is 196 Å². The van der Waals surface area contributed by atoms with Gasteiger partial charge in [-0.3, -0.25) is 23.4 Å². The molecule has 0 unspecified atom stereocenters. The van der Waals surface area contributed by atoms with Gasteiger partial charge in [0.2, 0.25) is 0 Å². The number of hydrogen-bond acceptors (Lipinski definition) is 14. The summed E-state index contributed by atoms with van der Waals surface area (Å²) in [6, 6.07) is 20.1. The van der Waals surface area contributed by atoms with Gasteiger partial charge in [-0.25, -0.2) is 19.5 Å². The summed E-state index contributed by atoms with van der Waals surface area (Å²) < 4.78 is 43.1. The van der Waals surface area contributed by atoms with Gasteiger partial charge in [0.1, 0.15) is 17.5 Å². The zero-order valence-electron chi connectivity index (χ0n) is 62.6. The smallest absolute Gasteiger partial charge is 0.355 e. The highest BCUT2D eigenvalue weighted by molar-refractivity contribution is 7.48. The molecule has 1 fully saturated rings. The van der Waals surface area contributed by atoms with Gasteiger partial charge < -0.3 is 22.6 Å². The van der Waals surface area contributed by atoms with Crippen molar-refractivity contribution in [3.8, 4) is 0 Å². The Bertz CT molecular complexity index is 2050. The fraction of sp³-hybridized carbons (Fsp3) is 0.700. The fourth-order valence-electron chi connectivity index (χ4n) is 9.79. The van der Waals surface area contributed by atoms with Crippen LogP contribution in [0.5, 0.6) is 0 Å². The molecule has 16 heteroatoms. The Morgan fingerprint density at radius 2 is 0.628 bits per heavy atom. The highest BCUT2D eigenvalue weighted by atomic mass is 31.2. The molecule has 1 aliphatic rings. The molecule has 0 saturated heterocycles. The number of nitrogens with zero attached hydrogens (tertiary/aromatic N) is 6. The lowest BCUT2D eigenvalue weighted by molar-refractivity contribution is 0.0225. The van der Waals surface area contributed by atoms with E-state index in [1.165, 1.54) is 126 Å². The van der Waals surface area contributed by atoms with Gasteiger partial charge in [-0.1, -0.05) is 184 Å². The van der Waals surface area contributed by atoms with Crippen molar-refractivity contribution in [3.63, 3.8) is 0 Å². The normalized spacial score (nSPS) is 14.7. The molecule has 0 bridgehead atoms. The quantitative estimate of drug-likeness (QED) is 0.0802. The maximum Gasteiger partial charge on any atom is 0.678 e. The molecule has 86 heavy (non-hydrogen) atoms. The number of phosphoric ester groups is 1. The van der Waals surface area contributed by atoms with Crippen LogP contribution in [0.2, 0.25) is 0 Å². The zero-order valence-corrected chi connectivity index (χ0v) is 64.5. The van der Waals surface area contributed by atoms with Crippen molar-refractivity contribution in [2.24, 2.45) is 34.0 Å². The van der Waals surface area contributed by atoms with Gasteiger partial charge in [0, 0.05) is 56.4 Å². The summed E-state index contributed by atoms with van der Waals surface area (Å²) >= 11 is 0. The predicted molar refractivity (Wildman–Crippen MR) is 374 cm³/mol. The van der Waals surface area contributed by atoms with Crippen LogP contribution in [0, 0.1) is 103 Å². The van der Waals surface area contributed by atoms with Crippen LogP contribution in [0.3, 0.4) is 0 Å². The Hall–Kier alpha value is -3.28. The molecule has 1 aliphatic carbocycles. The molecule has 0 amide bonds. The molecule has 0 spiro atoms. The third kappa shape index (κ3) is 61.0. The van der Waals surface area contributed by atoms with Crippen molar-refractivity contribution >= 4 is 16.9 Å². The summed E-state index contributed by atoms with van der Waals surface area (Å²) in [5.41, 5.74) is 13.8. The minimum atomic E-state index is -3.16. The third-order valence-electron chi connectivity index (χ3n) is 11.0. The van der Waals surface area contributed by atoms with E-state index in [4.69, 9.17) is 17.7 Å². The summed E-state index contributed by atoms with van der Waals surface area (Å²) in [4.78, 5) is 18.3. The van der Waals surface area contributed by atoms with E-state index < -0.39 is 16.9 Å². The predicted octanol–water partition coefficient (Wildman–Crippen LogP) is 17.8. The number of rotatable bonds is 11. The Balaban J connectivity index is -0.000000289. The van der Waals surface area contributed by atoms with Crippen LogP contribution in [0.15, 0.2) is 54.6 Å². The lowest BCUT2D eigenvalue weighted by Crippen LogP contribution is -2.45. The molecule has 0 N–H and O–H groups in total. The SMILES string of the molecule is CC(C)(C)C.CC(C)(C)CC(C)(C)C.CC1CC(C)CC(C)C1.CN(C)C.CN(C)CN(C)C.COP(=O)(OC)OC.CO[Si](OC)(OC)OC.Cc1cc(C)cc(C)c1.Cc1cc(C)cc(Cc2cc(C)cc(C)c2)c1.Cc1nc(C)nc(C)n1. The lowest BCUT2D eigenvalue weighted by Gasteiger charge is -2.28. The fourth-order valence-corrected chi connectivity index (χ4v) is 11.2. The van der Waals surface area contributed by atoms with Gasteiger partial charge in [-0.2, -0.15) is 0 Å². The van der Waals surface area contributed by atoms with Gasteiger partial charge >= 0.3 is 16.9 Å². The van der Waals surface area contributed by atoms with Crippen molar-refractivity contribution in [1.29, 1.82) is 0 Å². The van der Waals surface area contributed by atoms with E-state index in [9.17, 15) is 4.57 Å². The number of aromatic nitrogens is 3. The standard InChI is InChI=1S/C17H20.C9H18.C9H12.C9H20.C6H9N3.C5H14N2.C5H12.C4H12O4Si.C3H9N.C3H9O4P/c1-12-5-13(2)8-16(7-12)11-17-9-14(3)6-15(4)10-17;2*1-7-4-8(2)6-9(3)5-7;1-8(2,3)7-9(4,5)6;1-4-7-5(2)9-6(3)8-4;1-6(2)5-7(3)4;1-5(2,3)4;1-5-9(6-2,7-3)8-4;1-4(2)3;1-5-8(4,6-2)7-3/h5-10H,11H2,1-4H3;7-9H,4-6H2,1-3H3;4-6H,1-3H3;7H2,1-6H3;1-3H3;5H2,1-4H3;1-4H3;1-4H3;1-3H3;1-3H3. The maximum absolute atomic E-state index is 10.7. The van der Waals surface area contributed by atoms with Crippen LogP contribution in [0.4, 0.5) is 0 Å². The van der Waals surface area contributed by atoms with Crippen LogP contribution in [0.25, 0.3) is 0 Å². The molecule has 4 aromatic rings. The van der Waals surface area contributed by atoms with Crippen LogP contribution in [-0.2, 0) is 42.3 Å². The first-order chi connectivity index (χ1) is 39.1. The first kappa shape index (κ1) is 91.5. The number of phosphoric acid groups is 1. The van der Waals surface area contributed by atoms with E-state index in [0.717, 1.165) is 48.3 Å². The topological polar surface area (TPSA) is 130 Å². The summed E-state index contributed by atoms with van der Waals surface area (Å²) in [6.45, 7) is 51.3. The second-order valence-corrected chi connectivity index (χ2v) is 32.7. The summed E-state index contributed by atoms with van der Waals surface area (Å²) in [5, 5.41) is 0. The average molecular weight is 1250 g/mol. The zero-order chi connectivity index (χ0) is 68.6. The van der Waals surface area contributed by atoms with Crippen molar-refractivity contribution in [1.82, 2.24) is 29.7 Å². The molecule has 1 aromatic heterocycles. The van der Waals surface area contributed by atoms with E-state index in [-0.39, 0.29) is 0 Å². The molecule has 5 rings (SSSR count). The molecule has 0 aliphatic heterocycles. The van der Waals surface area contributed by atoms with Crippen LogP contribution in [0.1, 0.15) is 183 Å². The van der Waals surface area contributed by atoms with Crippen LogP contribution >= 0.6 is 7.82 Å². The first-order valence-corrected chi connectivity index (χ1v) is 33.4. The van der Waals surface area contributed by atoms with Gasteiger partial charge in [0.15, 0.2) is 0 Å². The van der Waals surface area contributed by atoms with Crippen molar-refractivity contribution in [2.75, 3.05) is 106 Å². The molecular weight excluding hydrogens is 1110 g/mol. The molecule has 502 valence electrons. The number of hydrogen-bond donors (Lipinski definition) is 0. The van der Waals surface area contributed by atoms with E-state index in [0.29, 0.717) is 16.2 Å². The highest BCUT2D eigenvalue weighted by Gasteiger charge is 2.40. The van der Waals surface area contributed by atoms with E-state index in [1.807, 2.05) is 46.8 Å². The molecular formula is C70H135N6O8PSi. The monoisotopic (exact) mass is 1250 g/mol. The van der Waals surface area contributed by atoms with E-state index >= 15 is 0 Å². The number of aryl methyl sites for hydroxylation is 10. The van der Waals surface area contributed by atoms with E-state index in [2.05, 4.69) is 260 Å². The molecule has 0 radical (unpaired) electrons. The Morgan fingerprint density at radius 1 is 0.430 bits per heavy atom. The average Bonchev–Trinajstić information content (AvgIpc) is 3.29. The largest absolute Gasteiger partial charge is 0.678 e. The molecule has 0 atom stereocenters. The second-order valence-electron chi connectivity index (χ2n) is 28.1. The van der Waals surface area contributed by atoms with Gasteiger partial charge in [-0.15, -0.1) is 0 Å². The van der Waals surface area contributed by atoms with E-state index in [1.54, 1.807) is 0 Å². The van der Waals surface area contributed by atoms with Gasteiger partial charge in [0.25, 0.3) is 0 Å². The third-order valence-corrected chi connectivity index (χ3v) is 14.4. The Labute approximate surface area is 533 Å².